The van der Waals surface area contributed by atoms with Gasteiger partial charge in [0.15, 0.2) is 0 Å². The first-order valence-electron chi connectivity index (χ1n) is 19.4. The van der Waals surface area contributed by atoms with E-state index < -0.39 is 0 Å². The van der Waals surface area contributed by atoms with E-state index in [9.17, 15) is 14.4 Å². The second kappa shape index (κ2) is 16.1. The van der Waals surface area contributed by atoms with Crippen LogP contribution in [0.25, 0.3) is 10.9 Å². The number of aromatic amines is 1. The van der Waals surface area contributed by atoms with Crippen LogP contribution in [0.15, 0.2) is 54.7 Å². The van der Waals surface area contributed by atoms with Gasteiger partial charge >= 0.3 is 0 Å². The summed E-state index contributed by atoms with van der Waals surface area (Å²) in [5.41, 5.74) is 4.42. The van der Waals surface area contributed by atoms with Crippen molar-refractivity contribution >= 4 is 34.2 Å². The number of carbonyl (C=O) groups is 3. The van der Waals surface area contributed by atoms with Crippen molar-refractivity contribution in [2.45, 2.75) is 96.3 Å². The third kappa shape index (κ3) is 8.65. The minimum Gasteiger partial charge on any atom is -0.361 e. The predicted molar refractivity (Wildman–Crippen MR) is 196 cm³/mol. The van der Waals surface area contributed by atoms with E-state index in [-0.39, 0.29) is 29.4 Å². The molecule has 1 aliphatic carbocycles. The molecule has 3 aromatic rings. The number of piperidine rings is 2. The highest BCUT2D eigenvalue weighted by Gasteiger charge is 2.33. The Bertz CT molecular complexity index is 1580. The van der Waals surface area contributed by atoms with E-state index >= 15 is 0 Å². The van der Waals surface area contributed by atoms with Gasteiger partial charge in [0.05, 0.1) is 0 Å². The first-order chi connectivity index (χ1) is 24.0. The number of ketones is 1. The zero-order chi connectivity index (χ0) is 33.6. The van der Waals surface area contributed by atoms with Gasteiger partial charge in [-0.05, 0) is 161 Å². The van der Waals surface area contributed by atoms with Crippen LogP contribution < -0.4 is 10.6 Å². The van der Waals surface area contributed by atoms with Crippen LogP contribution in [0, 0.1) is 35.5 Å². The van der Waals surface area contributed by atoms with Crippen molar-refractivity contribution in [3.8, 4) is 0 Å². The number of likely N-dealkylation sites (tertiary alicyclic amines) is 1. The molecule has 3 aliphatic heterocycles. The van der Waals surface area contributed by atoms with Gasteiger partial charge in [-0.15, -0.1) is 0 Å². The van der Waals surface area contributed by atoms with Crippen molar-refractivity contribution < 1.29 is 14.4 Å². The number of aromatic nitrogens is 1. The standard InChI is InChI=1S/C42H56N4O3/c47-40(27-30-6-9-32(10-7-30)33-15-20-43-21-16-33)37(26-31-8-14-38-36(25-31)17-22-44-38)28-41(48)46-23-18-29(19-24-46)5-11-35-13-12-34-3-1-2-4-39(34)45-42(35)49/h1-4,8,14,17,22,25,29-30,32-33,35,37,43-44H,5-7,9-13,15-16,18-21,23-24,26-28H2,(H,45,49). The molecule has 0 radical (unpaired) electrons. The maximum absolute atomic E-state index is 14.0. The lowest BCUT2D eigenvalue weighted by atomic mass is 9.71. The number of anilines is 1. The minimum absolute atomic E-state index is 0.0453. The molecule has 7 nitrogen and oxygen atoms in total. The molecule has 1 saturated carbocycles. The Kier molecular flexibility index (Phi) is 11.1. The second-order valence-electron chi connectivity index (χ2n) is 15.8. The van der Waals surface area contributed by atoms with E-state index in [1.807, 2.05) is 29.3 Å². The number of Topliss-reactive ketones (excluding diaryl/α,β-unsaturated/α-hetero) is 1. The van der Waals surface area contributed by atoms with Crippen LogP contribution in [-0.4, -0.2) is 53.7 Å². The highest BCUT2D eigenvalue weighted by Crippen LogP contribution is 2.39. The molecule has 4 heterocycles. The summed E-state index contributed by atoms with van der Waals surface area (Å²) in [6.07, 6.45) is 16.6. The summed E-state index contributed by atoms with van der Waals surface area (Å²) in [4.78, 5) is 46.0. The smallest absolute Gasteiger partial charge is 0.227 e. The van der Waals surface area contributed by atoms with Gasteiger partial charge in [0, 0.05) is 55.2 Å². The first kappa shape index (κ1) is 34.0. The Morgan fingerprint density at radius 3 is 2.41 bits per heavy atom. The molecule has 7 rings (SSSR count). The Balaban J connectivity index is 0.916. The summed E-state index contributed by atoms with van der Waals surface area (Å²) >= 11 is 0. The van der Waals surface area contributed by atoms with Gasteiger partial charge in [-0.3, -0.25) is 14.4 Å². The van der Waals surface area contributed by atoms with Crippen LogP contribution in [0.4, 0.5) is 5.69 Å². The van der Waals surface area contributed by atoms with Crippen molar-refractivity contribution in [1.29, 1.82) is 0 Å². The molecule has 49 heavy (non-hydrogen) atoms. The van der Waals surface area contributed by atoms with Gasteiger partial charge in [-0.25, -0.2) is 0 Å². The number of hydrogen-bond donors (Lipinski definition) is 3. The molecule has 3 fully saturated rings. The number of rotatable bonds is 11. The van der Waals surface area contributed by atoms with E-state index in [0.29, 0.717) is 31.1 Å². The quantitative estimate of drug-likeness (QED) is 0.196. The summed E-state index contributed by atoms with van der Waals surface area (Å²) in [6, 6.07) is 16.6. The van der Waals surface area contributed by atoms with Gasteiger partial charge in [-0.1, -0.05) is 24.3 Å². The van der Waals surface area contributed by atoms with E-state index in [1.165, 1.54) is 31.2 Å². The fourth-order valence-corrected chi connectivity index (χ4v) is 9.52. The molecule has 2 atom stereocenters. The number of H-pyrrole nitrogens is 1. The molecule has 2 aromatic carbocycles. The zero-order valence-electron chi connectivity index (χ0n) is 29.3. The summed E-state index contributed by atoms with van der Waals surface area (Å²) in [5, 5.41) is 7.81. The van der Waals surface area contributed by atoms with Crippen molar-refractivity contribution in [3.63, 3.8) is 0 Å². The number of amides is 2. The second-order valence-corrected chi connectivity index (χ2v) is 15.8. The van der Waals surface area contributed by atoms with Gasteiger partial charge in [0.1, 0.15) is 5.78 Å². The van der Waals surface area contributed by atoms with Gasteiger partial charge < -0.3 is 20.5 Å². The first-order valence-corrected chi connectivity index (χ1v) is 19.4. The van der Waals surface area contributed by atoms with Crippen LogP contribution in [-0.2, 0) is 27.2 Å². The van der Waals surface area contributed by atoms with Gasteiger partial charge in [0.2, 0.25) is 11.8 Å². The number of carbonyl (C=O) groups excluding carboxylic acids is 3. The number of benzene rings is 2. The summed E-state index contributed by atoms with van der Waals surface area (Å²) in [6.45, 7) is 3.81. The normalized spacial score (nSPS) is 24.6. The molecular formula is C42H56N4O3. The molecule has 0 bridgehead atoms. The summed E-state index contributed by atoms with van der Waals surface area (Å²) in [7, 11) is 0. The lowest BCUT2D eigenvalue weighted by Crippen LogP contribution is -2.40. The molecule has 2 saturated heterocycles. The molecule has 262 valence electrons. The topological polar surface area (TPSA) is 94.3 Å². The lowest BCUT2D eigenvalue weighted by Gasteiger charge is -2.36. The fraction of sp³-hybridized carbons (Fsp3) is 0.595. The van der Waals surface area contributed by atoms with Crippen LogP contribution >= 0.6 is 0 Å². The predicted octanol–water partition coefficient (Wildman–Crippen LogP) is 7.70. The largest absolute Gasteiger partial charge is 0.361 e. The van der Waals surface area contributed by atoms with E-state index in [0.717, 1.165) is 112 Å². The third-order valence-corrected chi connectivity index (χ3v) is 12.7. The average Bonchev–Trinajstić information content (AvgIpc) is 3.54. The number of nitrogens with one attached hydrogen (secondary N) is 3. The maximum atomic E-state index is 14.0. The molecule has 2 unspecified atom stereocenters. The Hall–Kier alpha value is -3.45. The zero-order valence-corrected chi connectivity index (χ0v) is 29.3. The van der Waals surface area contributed by atoms with E-state index in [1.54, 1.807) is 0 Å². The summed E-state index contributed by atoms with van der Waals surface area (Å²) < 4.78 is 0. The summed E-state index contributed by atoms with van der Waals surface area (Å²) in [5.74, 6) is 3.00. The van der Waals surface area contributed by atoms with Crippen LogP contribution in [0.5, 0.6) is 0 Å². The molecule has 2 amide bonds. The average molecular weight is 665 g/mol. The lowest BCUT2D eigenvalue weighted by molar-refractivity contribution is -0.137. The van der Waals surface area contributed by atoms with Crippen molar-refractivity contribution in [2.24, 2.45) is 35.5 Å². The maximum Gasteiger partial charge on any atom is 0.227 e. The molecule has 7 heteroatoms. The minimum atomic E-state index is -0.276. The Labute approximate surface area is 292 Å². The number of fused-ring (bicyclic) bond motifs is 2. The van der Waals surface area contributed by atoms with Crippen molar-refractivity contribution in [2.75, 3.05) is 31.5 Å². The molecular weight excluding hydrogens is 608 g/mol. The number of nitrogens with zero attached hydrogens (tertiary/aromatic N) is 1. The number of aryl methyl sites for hydroxylation is 1. The van der Waals surface area contributed by atoms with E-state index in [4.69, 9.17) is 0 Å². The number of hydrogen-bond acceptors (Lipinski definition) is 4. The third-order valence-electron chi connectivity index (χ3n) is 12.7. The highest BCUT2D eigenvalue weighted by molar-refractivity contribution is 5.94. The monoisotopic (exact) mass is 664 g/mol. The molecule has 0 spiro atoms. The SMILES string of the molecule is O=C(CC1CCC(C2CCNCC2)CC1)C(CC(=O)N1CCC(CCC2CCc3ccccc3NC2=O)CC1)Cc1ccc2[nH]ccc2c1. The van der Waals surface area contributed by atoms with Crippen LogP contribution in [0.3, 0.4) is 0 Å². The van der Waals surface area contributed by atoms with Gasteiger partial charge in [0.25, 0.3) is 0 Å². The fourth-order valence-electron chi connectivity index (χ4n) is 9.52. The molecule has 1 aromatic heterocycles. The number of para-hydroxylation sites is 1. The highest BCUT2D eigenvalue weighted by atomic mass is 16.2. The van der Waals surface area contributed by atoms with Crippen molar-refractivity contribution in [1.82, 2.24) is 15.2 Å². The van der Waals surface area contributed by atoms with E-state index in [2.05, 4.69) is 45.9 Å². The van der Waals surface area contributed by atoms with Crippen molar-refractivity contribution in [3.05, 3.63) is 65.9 Å². The molecule has 4 aliphatic rings. The Morgan fingerprint density at radius 2 is 1.59 bits per heavy atom. The van der Waals surface area contributed by atoms with Crippen LogP contribution in [0.1, 0.15) is 94.6 Å². The van der Waals surface area contributed by atoms with Gasteiger partial charge in [-0.2, -0.15) is 0 Å². The molecule has 3 N–H and O–H groups in total. The Morgan fingerprint density at radius 1 is 0.816 bits per heavy atom. The van der Waals surface area contributed by atoms with Crippen LogP contribution in [0.2, 0.25) is 0 Å².